The molecular formula is C17H18N2O4. The lowest BCUT2D eigenvalue weighted by Gasteiger charge is -2.09. The van der Waals surface area contributed by atoms with Gasteiger partial charge in [-0.05, 0) is 36.4 Å². The van der Waals surface area contributed by atoms with Crippen LogP contribution in [0.25, 0.3) is 0 Å². The van der Waals surface area contributed by atoms with Crippen LogP contribution in [0.3, 0.4) is 0 Å². The second-order valence-electron chi connectivity index (χ2n) is 4.51. The number of hydrogen-bond acceptors (Lipinski definition) is 5. The van der Waals surface area contributed by atoms with Crippen molar-refractivity contribution in [1.29, 1.82) is 0 Å². The smallest absolute Gasteiger partial charge is 0.271 e. The predicted octanol–water partition coefficient (Wildman–Crippen LogP) is 2.48. The fourth-order valence-corrected chi connectivity index (χ4v) is 1.98. The second kappa shape index (κ2) is 7.84. The van der Waals surface area contributed by atoms with Gasteiger partial charge in [-0.25, -0.2) is 5.43 Å². The lowest BCUT2D eigenvalue weighted by molar-refractivity contribution is 0.0955. The van der Waals surface area contributed by atoms with Gasteiger partial charge >= 0.3 is 0 Å². The number of methoxy groups -OCH3 is 3. The maximum Gasteiger partial charge on any atom is 0.271 e. The van der Waals surface area contributed by atoms with Gasteiger partial charge in [-0.1, -0.05) is 6.07 Å². The van der Waals surface area contributed by atoms with Crippen LogP contribution in [0.15, 0.2) is 47.6 Å². The summed E-state index contributed by atoms with van der Waals surface area (Å²) >= 11 is 0. The Balaban J connectivity index is 2.07. The van der Waals surface area contributed by atoms with Crippen molar-refractivity contribution in [1.82, 2.24) is 5.43 Å². The zero-order valence-electron chi connectivity index (χ0n) is 13.2. The Morgan fingerprint density at radius 2 is 1.74 bits per heavy atom. The lowest BCUT2D eigenvalue weighted by atomic mass is 10.2. The van der Waals surface area contributed by atoms with Gasteiger partial charge in [0.1, 0.15) is 5.75 Å². The maximum atomic E-state index is 12.0. The first kappa shape index (κ1) is 16.4. The minimum atomic E-state index is -0.314. The molecule has 0 fully saturated rings. The van der Waals surface area contributed by atoms with Gasteiger partial charge in [0.05, 0.1) is 27.5 Å². The zero-order chi connectivity index (χ0) is 16.7. The normalized spacial score (nSPS) is 10.4. The van der Waals surface area contributed by atoms with Gasteiger partial charge in [0, 0.05) is 11.1 Å². The molecular weight excluding hydrogens is 296 g/mol. The van der Waals surface area contributed by atoms with Gasteiger partial charge in [-0.15, -0.1) is 0 Å². The van der Waals surface area contributed by atoms with Crippen molar-refractivity contribution in [3.8, 4) is 17.2 Å². The van der Waals surface area contributed by atoms with E-state index in [9.17, 15) is 4.79 Å². The molecule has 0 unspecified atom stereocenters. The fourth-order valence-electron chi connectivity index (χ4n) is 1.98. The van der Waals surface area contributed by atoms with Crippen LogP contribution in [0.5, 0.6) is 17.2 Å². The van der Waals surface area contributed by atoms with E-state index in [4.69, 9.17) is 14.2 Å². The van der Waals surface area contributed by atoms with Crippen molar-refractivity contribution in [2.45, 2.75) is 0 Å². The third kappa shape index (κ3) is 4.00. The zero-order valence-corrected chi connectivity index (χ0v) is 13.2. The summed E-state index contributed by atoms with van der Waals surface area (Å²) in [5.41, 5.74) is 3.65. The fraction of sp³-hybridized carbons (Fsp3) is 0.176. The summed E-state index contributed by atoms with van der Waals surface area (Å²) in [5, 5.41) is 3.95. The predicted molar refractivity (Wildman–Crippen MR) is 87.6 cm³/mol. The van der Waals surface area contributed by atoms with E-state index in [0.717, 1.165) is 0 Å². The molecule has 120 valence electrons. The first-order valence-electron chi connectivity index (χ1n) is 6.88. The molecule has 6 nitrogen and oxygen atoms in total. The summed E-state index contributed by atoms with van der Waals surface area (Å²) in [5.74, 6) is 1.52. The molecule has 0 spiro atoms. The third-order valence-electron chi connectivity index (χ3n) is 3.16. The van der Waals surface area contributed by atoms with Crippen LogP contribution in [0, 0.1) is 0 Å². The van der Waals surface area contributed by atoms with Gasteiger partial charge in [-0.2, -0.15) is 5.10 Å². The third-order valence-corrected chi connectivity index (χ3v) is 3.16. The molecule has 0 saturated carbocycles. The van der Waals surface area contributed by atoms with Crippen LogP contribution in [0.4, 0.5) is 0 Å². The van der Waals surface area contributed by atoms with Crippen LogP contribution in [-0.2, 0) is 0 Å². The Hall–Kier alpha value is -3.02. The number of amides is 1. The van der Waals surface area contributed by atoms with Crippen LogP contribution in [-0.4, -0.2) is 33.5 Å². The highest BCUT2D eigenvalue weighted by molar-refractivity contribution is 5.95. The summed E-state index contributed by atoms with van der Waals surface area (Å²) in [6.45, 7) is 0. The molecule has 2 aromatic rings. The van der Waals surface area contributed by atoms with E-state index in [1.54, 1.807) is 51.7 Å². The van der Waals surface area contributed by atoms with E-state index in [-0.39, 0.29) is 5.91 Å². The number of hydrogen-bond donors (Lipinski definition) is 1. The number of ether oxygens (including phenoxy) is 3. The number of carbonyl (C=O) groups is 1. The largest absolute Gasteiger partial charge is 0.497 e. The Labute approximate surface area is 134 Å². The highest BCUT2D eigenvalue weighted by Gasteiger charge is 2.08. The Kier molecular flexibility index (Phi) is 5.57. The summed E-state index contributed by atoms with van der Waals surface area (Å²) in [4.78, 5) is 12.0. The van der Waals surface area contributed by atoms with Crippen molar-refractivity contribution < 1.29 is 19.0 Å². The van der Waals surface area contributed by atoms with Crippen molar-refractivity contribution in [2.24, 2.45) is 5.10 Å². The number of benzene rings is 2. The van der Waals surface area contributed by atoms with Gasteiger partial charge in [0.25, 0.3) is 5.91 Å². The molecule has 0 bridgehead atoms. The topological polar surface area (TPSA) is 69.2 Å². The molecule has 0 atom stereocenters. The average molecular weight is 314 g/mol. The molecule has 1 amide bonds. The quantitative estimate of drug-likeness (QED) is 0.657. The minimum absolute atomic E-state index is 0.314. The van der Waals surface area contributed by atoms with Crippen molar-refractivity contribution in [2.75, 3.05) is 21.3 Å². The molecule has 0 aliphatic carbocycles. The summed E-state index contributed by atoms with van der Waals surface area (Å²) in [6.07, 6.45) is 1.50. The van der Waals surface area contributed by atoms with E-state index >= 15 is 0 Å². The first-order valence-corrected chi connectivity index (χ1v) is 6.88. The maximum absolute atomic E-state index is 12.0. The Morgan fingerprint density at radius 1 is 1.00 bits per heavy atom. The molecule has 1 N–H and O–H groups in total. The van der Waals surface area contributed by atoms with Gasteiger partial charge in [-0.3, -0.25) is 4.79 Å². The summed E-state index contributed by atoms with van der Waals surface area (Å²) in [6, 6.07) is 12.2. The number of nitrogens with one attached hydrogen (secondary N) is 1. The monoisotopic (exact) mass is 314 g/mol. The molecule has 0 saturated heterocycles. The van der Waals surface area contributed by atoms with Crippen LogP contribution >= 0.6 is 0 Å². The highest BCUT2D eigenvalue weighted by Crippen LogP contribution is 2.29. The first-order chi connectivity index (χ1) is 11.2. The van der Waals surface area contributed by atoms with Crippen molar-refractivity contribution >= 4 is 12.1 Å². The summed E-state index contributed by atoms with van der Waals surface area (Å²) < 4.78 is 15.5. The van der Waals surface area contributed by atoms with Gasteiger partial charge in [0.15, 0.2) is 11.5 Å². The number of para-hydroxylation sites is 1. The SMILES string of the molecule is COc1ccc(C(=O)N/N=C/c2cccc(OC)c2OC)cc1. The number of hydrazone groups is 1. The van der Waals surface area contributed by atoms with E-state index in [1.807, 2.05) is 12.1 Å². The Bertz CT molecular complexity index is 696. The average Bonchev–Trinajstić information content (AvgIpc) is 2.61. The minimum Gasteiger partial charge on any atom is -0.497 e. The molecule has 2 aromatic carbocycles. The van der Waals surface area contributed by atoms with Crippen LogP contribution < -0.4 is 19.6 Å². The second-order valence-corrected chi connectivity index (χ2v) is 4.51. The van der Waals surface area contributed by atoms with Gasteiger partial charge in [0.2, 0.25) is 0 Å². The van der Waals surface area contributed by atoms with E-state index in [2.05, 4.69) is 10.5 Å². The van der Waals surface area contributed by atoms with Gasteiger partial charge < -0.3 is 14.2 Å². The lowest BCUT2D eigenvalue weighted by Crippen LogP contribution is -2.17. The number of nitrogens with zero attached hydrogens (tertiary/aromatic N) is 1. The Morgan fingerprint density at radius 3 is 2.35 bits per heavy atom. The van der Waals surface area contributed by atoms with E-state index in [1.165, 1.54) is 6.21 Å². The highest BCUT2D eigenvalue weighted by atomic mass is 16.5. The van der Waals surface area contributed by atoms with Crippen LogP contribution in [0.1, 0.15) is 15.9 Å². The molecule has 6 heteroatoms. The molecule has 0 heterocycles. The molecule has 0 aromatic heterocycles. The molecule has 0 radical (unpaired) electrons. The molecule has 2 rings (SSSR count). The molecule has 0 aliphatic heterocycles. The van der Waals surface area contributed by atoms with Crippen LogP contribution in [0.2, 0.25) is 0 Å². The number of carbonyl (C=O) groups excluding carboxylic acids is 1. The van der Waals surface area contributed by atoms with Crippen molar-refractivity contribution in [3.63, 3.8) is 0 Å². The molecule has 0 aliphatic rings. The number of rotatable bonds is 6. The standard InChI is InChI=1S/C17H18N2O4/c1-21-14-9-7-12(8-10-14)17(20)19-18-11-13-5-4-6-15(22-2)16(13)23-3/h4-11H,1-3H3,(H,19,20)/b18-11+. The van der Waals surface area contributed by atoms with E-state index < -0.39 is 0 Å². The van der Waals surface area contributed by atoms with Crippen molar-refractivity contribution in [3.05, 3.63) is 53.6 Å². The molecule has 23 heavy (non-hydrogen) atoms. The summed E-state index contributed by atoms with van der Waals surface area (Å²) in [7, 11) is 4.68. The van der Waals surface area contributed by atoms with E-state index in [0.29, 0.717) is 28.4 Å².